The molecule has 2 rings (SSSR count). The van der Waals surface area contributed by atoms with Gasteiger partial charge in [0.05, 0.1) is 12.3 Å². The van der Waals surface area contributed by atoms with Gasteiger partial charge in [-0.25, -0.2) is 4.39 Å². The van der Waals surface area contributed by atoms with Gasteiger partial charge in [0.15, 0.2) is 0 Å². The number of methoxy groups -OCH3 is 1. The molecule has 0 unspecified atom stereocenters. The summed E-state index contributed by atoms with van der Waals surface area (Å²) in [5.74, 6) is 0.0890. The van der Waals surface area contributed by atoms with Gasteiger partial charge in [0, 0.05) is 36.4 Å². The maximum absolute atomic E-state index is 13.9. The molecule has 0 radical (unpaired) electrons. The number of aryl methyl sites for hydroxylation is 1. The van der Waals surface area contributed by atoms with Crippen molar-refractivity contribution in [3.8, 4) is 11.3 Å². The van der Waals surface area contributed by atoms with E-state index in [0.717, 1.165) is 0 Å². The number of anilines is 1. The summed E-state index contributed by atoms with van der Waals surface area (Å²) in [4.78, 5) is 0. The Morgan fingerprint density at radius 2 is 2.17 bits per heavy atom. The van der Waals surface area contributed by atoms with Crippen LogP contribution in [0.4, 0.5) is 10.2 Å². The van der Waals surface area contributed by atoms with Crippen LogP contribution in [0.15, 0.2) is 18.2 Å². The Morgan fingerprint density at radius 1 is 1.44 bits per heavy atom. The summed E-state index contributed by atoms with van der Waals surface area (Å²) >= 11 is 6.02. The maximum Gasteiger partial charge on any atom is 0.130 e. The van der Waals surface area contributed by atoms with E-state index >= 15 is 0 Å². The van der Waals surface area contributed by atoms with Crippen LogP contribution in [-0.4, -0.2) is 16.9 Å². The number of hydrogen-bond acceptors (Lipinski definition) is 3. The van der Waals surface area contributed by atoms with E-state index in [1.165, 1.54) is 17.9 Å². The first-order valence-corrected chi connectivity index (χ1v) is 5.67. The Morgan fingerprint density at radius 3 is 2.67 bits per heavy atom. The van der Waals surface area contributed by atoms with E-state index in [1.54, 1.807) is 19.2 Å². The van der Waals surface area contributed by atoms with Crippen molar-refractivity contribution in [2.24, 2.45) is 7.05 Å². The minimum atomic E-state index is -0.413. The minimum absolute atomic E-state index is 0.134. The zero-order chi connectivity index (χ0) is 13.3. The van der Waals surface area contributed by atoms with Gasteiger partial charge in [-0.2, -0.15) is 5.10 Å². The van der Waals surface area contributed by atoms with Crippen molar-refractivity contribution < 1.29 is 9.13 Å². The van der Waals surface area contributed by atoms with E-state index in [0.29, 0.717) is 27.7 Å². The molecule has 0 aliphatic rings. The second kappa shape index (κ2) is 4.96. The molecule has 4 nitrogen and oxygen atoms in total. The van der Waals surface area contributed by atoms with Crippen molar-refractivity contribution in [1.82, 2.24) is 9.78 Å². The van der Waals surface area contributed by atoms with Crippen molar-refractivity contribution in [1.29, 1.82) is 0 Å². The molecule has 1 aromatic carbocycles. The largest absolute Gasteiger partial charge is 0.384 e. The molecule has 2 N–H and O–H groups in total. The molecule has 1 aromatic heterocycles. The van der Waals surface area contributed by atoms with Crippen molar-refractivity contribution in [2.45, 2.75) is 6.61 Å². The number of hydrogen-bond donors (Lipinski definition) is 1. The maximum atomic E-state index is 13.9. The van der Waals surface area contributed by atoms with Gasteiger partial charge in [-0.05, 0) is 12.1 Å². The van der Waals surface area contributed by atoms with E-state index in [-0.39, 0.29) is 6.61 Å². The lowest BCUT2D eigenvalue weighted by atomic mass is 10.1. The van der Waals surface area contributed by atoms with Crippen LogP contribution < -0.4 is 5.73 Å². The smallest absolute Gasteiger partial charge is 0.130 e. The number of nitrogen functional groups attached to an aromatic ring is 1. The highest BCUT2D eigenvalue weighted by Crippen LogP contribution is 2.28. The number of benzene rings is 1. The van der Waals surface area contributed by atoms with Gasteiger partial charge in [0.25, 0.3) is 0 Å². The SMILES string of the molecule is COCc1c(F)cc(-c2cc(N)n(C)n2)cc1Cl. The normalized spacial score (nSPS) is 10.9. The van der Waals surface area contributed by atoms with Crippen molar-refractivity contribution in [3.63, 3.8) is 0 Å². The van der Waals surface area contributed by atoms with Crippen molar-refractivity contribution in [3.05, 3.63) is 34.6 Å². The molecular weight excluding hydrogens is 257 g/mol. The second-order valence-electron chi connectivity index (χ2n) is 3.93. The minimum Gasteiger partial charge on any atom is -0.384 e. The summed E-state index contributed by atoms with van der Waals surface area (Å²) in [7, 11) is 3.21. The molecule has 0 spiro atoms. The Kier molecular flexibility index (Phi) is 3.54. The van der Waals surface area contributed by atoms with Gasteiger partial charge >= 0.3 is 0 Å². The summed E-state index contributed by atoms with van der Waals surface area (Å²) in [6, 6.07) is 4.70. The zero-order valence-corrected chi connectivity index (χ0v) is 10.8. The molecule has 6 heteroatoms. The molecule has 18 heavy (non-hydrogen) atoms. The van der Waals surface area contributed by atoms with Crippen LogP contribution in [0.3, 0.4) is 0 Å². The number of nitrogens with zero attached hydrogens (tertiary/aromatic N) is 2. The summed E-state index contributed by atoms with van der Waals surface area (Å²) in [6.07, 6.45) is 0. The molecule has 0 aliphatic heterocycles. The molecular formula is C12H13ClFN3O. The molecule has 0 atom stereocenters. The lowest BCUT2D eigenvalue weighted by molar-refractivity contribution is 0.181. The predicted molar refractivity (Wildman–Crippen MR) is 68.7 cm³/mol. The number of ether oxygens (including phenoxy) is 1. The van der Waals surface area contributed by atoms with Crippen molar-refractivity contribution >= 4 is 17.4 Å². The summed E-state index contributed by atoms with van der Waals surface area (Å²) in [5.41, 5.74) is 7.20. The molecule has 0 bridgehead atoms. The lowest BCUT2D eigenvalue weighted by Gasteiger charge is -2.06. The Balaban J connectivity index is 2.47. The van der Waals surface area contributed by atoms with Crippen LogP contribution in [0.2, 0.25) is 5.02 Å². The fraction of sp³-hybridized carbons (Fsp3) is 0.250. The summed E-state index contributed by atoms with van der Waals surface area (Å²) in [5, 5.41) is 4.49. The van der Waals surface area contributed by atoms with Gasteiger partial charge in [-0.3, -0.25) is 4.68 Å². The Bertz CT molecular complexity index is 540. The third kappa shape index (κ3) is 2.32. The molecule has 96 valence electrons. The average molecular weight is 270 g/mol. The van der Waals surface area contributed by atoms with Gasteiger partial charge in [0.1, 0.15) is 11.6 Å². The van der Waals surface area contributed by atoms with E-state index in [4.69, 9.17) is 22.1 Å². The fourth-order valence-electron chi connectivity index (χ4n) is 1.66. The van der Waals surface area contributed by atoms with Gasteiger partial charge < -0.3 is 10.5 Å². The van der Waals surface area contributed by atoms with Gasteiger partial charge in [0.2, 0.25) is 0 Å². The van der Waals surface area contributed by atoms with E-state index in [1.807, 2.05) is 0 Å². The predicted octanol–water partition coefficient (Wildman–Crippen LogP) is 2.61. The first-order valence-electron chi connectivity index (χ1n) is 5.29. The third-order valence-electron chi connectivity index (χ3n) is 2.64. The van der Waals surface area contributed by atoms with E-state index < -0.39 is 5.82 Å². The standard InChI is InChI=1S/C12H13ClFN3O/c1-17-12(15)5-11(16-17)7-3-9(13)8(6-18-2)10(14)4-7/h3-5H,6,15H2,1-2H3. The molecule has 0 aliphatic carbocycles. The lowest BCUT2D eigenvalue weighted by Crippen LogP contribution is -1.97. The first-order chi connectivity index (χ1) is 8.52. The Labute approximate surface area is 109 Å². The zero-order valence-electron chi connectivity index (χ0n) is 10.1. The van der Waals surface area contributed by atoms with Crippen LogP contribution in [0.5, 0.6) is 0 Å². The van der Waals surface area contributed by atoms with E-state index in [2.05, 4.69) is 5.10 Å². The van der Waals surface area contributed by atoms with Crippen LogP contribution in [-0.2, 0) is 18.4 Å². The molecule has 1 heterocycles. The fourth-order valence-corrected chi connectivity index (χ4v) is 1.92. The summed E-state index contributed by atoms with van der Waals surface area (Å²) in [6.45, 7) is 0.134. The quantitative estimate of drug-likeness (QED) is 0.932. The monoisotopic (exact) mass is 269 g/mol. The highest BCUT2D eigenvalue weighted by atomic mass is 35.5. The van der Waals surface area contributed by atoms with Gasteiger partial charge in [-0.15, -0.1) is 0 Å². The number of rotatable bonds is 3. The topological polar surface area (TPSA) is 53.1 Å². The number of nitrogens with two attached hydrogens (primary N) is 1. The second-order valence-corrected chi connectivity index (χ2v) is 4.34. The highest BCUT2D eigenvalue weighted by molar-refractivity contribution is 6.31. The van der Waals surface area contributed by atoms with E-state index in [9.17, 15) is 4.39 Å². The number of halogens is 2. The Hall–Kier alpha value is -1.59. The average Bonchev–Trinajstić information content (AvgIpc) is 2.64. The summed E-state index contributed by atoms with van der Waals surface area (Å²) < 4.78 is 20.3. The van der Waals surface area contributed by atoms with Crippen LogP contribution in [0, 0.1) is 5.82 Å². The molecule has 0 amide bonds. The van der Waals surface area contributed by atoms with Crippen LogP contribution in [0.1, 0.15) is 5.56 Å². The molecule has 0 saturated heterocycles. The third-order valence-corrected chi connectivity index (χ3v) is 2.98. The van der Waals surface area contributed by atoms with Crippen LogP contribution >= 0.6 is 11.6 Å². The first kappa shape index (κ1) is 12.9. The molecule has 0 fully saturated rings. The number of aromatic nitrogens is 2. The van der Waals surface area contributed by atoms with Crippen molar-refractivity contribution in [2.75, 3.05) is 12.8 Å². The highest BCUT2D eigenvalue weighted by Gasteiger charge is 2.12. The molecule has 2 aromatic rings. The molecule has 0 saturated carbocycles. The van der Waals surface area contributed by atoms with Crippen LogP contribution in [0.25, 0.3) is 11.3 Å². The van der Waals surface area contributed by atoms with Gasteiger partial charge in [-0.1, -0.05) is 11.6 Å².